The highest BCUT2D eigenvalue weighted by Gasteiger charge is 2.31. The minimum atomic E-state index is -0.258. The van der Waals surface area contributed by atoms with Crippen LogP contribution in [0.4, 0.5) is 0 Å². The fourth-order valence-corrected chi connectivity index (χ4v) is 5.88. The molecule has 2 heterocycles. The van der Waals surface area contributed by atoms with Crippen LogP contribution in [0.5, 0.6) is 0 Å². The van der Waals surface area contributed by atoms with Gasteiger partial charge in [-0.2, -0.15) is 0 Å². The summed E-state index contributed by atoms with van der Waals surface area (Å²) in [6.45, 7) is 9.86. The number of carbonyl (C=O) groups excluding carboxylic acids is 5. The summed E-state index contributed by atoms with van der Waals surface area (Å²) >= 11 is 0. The van der Waals surface area contributed by atoms with Crippen LogP contribution in [0.15, 0.2) is 18.3 Å². The topological polar surface area (TPSA) is 214 Å². The van der Waals surface area contributed by atoms with E-state index in [1.165, 1.54) is 24.0 Å². The van der Waals surface area contributed by atoms with Gasteiger partial charge in [-0.25, -0.2) is 4.68 Å². The van der Waals surface area contributed by atoms with Gasteiger partial charge in [0.1, 0.15) is 18.9 Å². The molecule has 1 fully saturated rings. The Morgan fingerprint density at radius 1 is 0.655 bits per heavy atom. The summed E-state index contributed by atoms with van der Waals surface area (Å²) in [5, 5.41) is 11.2. The maximum atomic E-state index is 12.7. The SMILES string of the molecule is CC(=O)COCC(=O)CCCOCCOCCOCCOCCOCCOCCOCCOCCn1cc(CNC(=O)C2CCC(CN3C(=O)C=CC3=O)CC2)nn1. The second-order valence-corrected chi connectivity index (χ2v) is 13.8. The third-order valence-corrected chi connectivity index (χ3v) is 8.97. The van der Waals surface area contributed by atoms with Crippen molar-refractivity contribution < 1.29 is 66.6 Å². The van der Waals surface area contributed by atoms with Gasteiger partial charge in [-0.3, -0.25) is 28.9 Å². The normalized spacial score (nSPS) is 16.7. The molecule has 19 nitrogen and oxygen atoms in total. The summed E-state index contributed by atoms with van der Waals surface area (Å²) in [5.41, 5.74) is 0.666. The van der Waals surface area contributed by atoms with Crippen LogP contribution in [-0.4, -0.2) is 175 Å². The van der Waals surface area contributed by atoms with Crippen LogP contribution in [-0.2, 0) is 79.7 Å². The smallest absolute Gasteiger partial charge is 0.253 e. The Hall–Kier alpha value is -3.53. The maximum Gasteiger partial charge on any atom is 0.253 e. The van der Waals surface area contributed by atoms with Gasteiger partial charge in [0.25, 0.3) is 11.8 Å². The van der Waals surface area contributed by atoms with Crippen LogP contribution in [0.2, 0.25) is 0 Å². The van der Waals surface area contributed by atoms with Gasteiger partial charge < -0.3 is 47.9 Å². The molecule has 58 heavy (non-hydrogen) atoms. The van der Waals surface area contributed by atoms with E-state index in [1.807, 2.05) is 0 Å². The van der Waals surface area contributed by atoms with Crippen molar-refractivity contribution in [2.24, 2.45) is 11.8 Å². The Kier molecular flexibility index (Phi) is 26.4. The molecule has 0 atom stereocenters. The van der Waals surface area contributed by atoms with Crippen molar-refractivity contribution in [2.75, 3.05) is 125 Å². The fraction of sp³-hybridized carbons (Fsp3) is 0.769. The Morgan fingerprint density at radius 3 is 1.64 bits per heavy atom. The Morgan fingerprint density at radius 2 is 1.14 bits per heavy atom. The van der Waals surface area contributed by atoms with E-state index < -0.39 is 0 Å². The summed E-state index contributed by atoms with van der Waals surface area (Å²) < 4.78 is 50.6. The van der Waals surface area contributed by atoms with E-state index in [1.54, 1.807) is 10.9 Å². The Bertz CT molecular complexity index is 1340. The first kappa shape index (κ1) is 48.8. The molecule has 0 bridgehead atoms. The lowest BCUT2D eigenvalue weighted by atomic mass is 9.81. The third-order valence-electron chi connectivity index (χ3n) is 8.97. The molecule has 1 N–H and O–H groups in total. The number of rotatable bonds is 37. The summed E-state index contributed by atoms with van der Waals surface area (Å²) in [7, 11) is 0. The van der Waals surface area contributed by atoms with Crippen LogP contribution >= 0.6 is 0 Å². The van der Waals surface area contributed by atoms with Gasteiger partial charge in [0.2, 0.25) is 5.91 Å². The number of ketones is 2. The number of nitrogens with zero attached hydrogens (tertiary/aromatic N) is 4. The average Bonchev–Trinajstić information content (AvgIpc) is 3.81. The molecule has 2 aliphatic rings. The number of aromatic nitrogens is 3. The predicted molar refractivity (Wildman–Crippen MR) is 205 cm³/mol. The van der Waals surface area contributed by atoms with Crippen molar-refractivity contribution in [3.63, 3.8) is 0 Å². The monoisotopic (exact) mass is 825 g/mol. The molecule has 0 aromatic carbocycles. The quantitative estimate of drug-likeness (QED) is 0.0723. The number of imide groups is 1. The van der Waals surface area contributed by atoms with Gasteiger partial charge in [-0.15, -0.1) is 5.10 Å². The minimum absolute atomic E-state index is 0.0122. The Labute approximate surface area is 340 Å². The van der Waals surface area contributed by atoms with Gasteiger partial charge in [-0.1, -0.05) is 5.21 Å². The Balaban J connectivity index is 0.982. The van der Waals surface area contributed by atoms with Gasteiger partial charge in [0, 0.05) is 37.6 Å². The van der Waals surface area contributed by atoms with Crippen molar-refractivity contribution in [3.8, 4) is 0 Å². The van der Waals surface area contributed by atoms with E-state index in [2.05, 4.69) is 15.6 Å². The second-order valence-electron chi connectivity index (χ2n) is 13.8. The molecule has 0 spiro atoms. The van der Waals surface area contributed by atoms with E-state index in [0.717, 1.165) is 25.7 Å². The number of Topliss-reactive ketones (excluding diaryl/α,β-unsaturated/α-hetero) is 2. The molecule has 19 heteroatoms. The van der Waals surface area contributed by atoms with E-state index in [4.69, 9.17) is 42.6 Å². The largest absolute Gasteiger partial charge is 0.379 e. The molecule has 1 aliphatic carbocycles. The van der Waals surface area contributed by atoms with E-state index in [0.29, 0.717) is 144 Å². The summed E-state index contributed by atoms with van der Waals surface area (Å²) in [6, 6.07) is 0. The minimum Gasteiger partial charge on any atom is -0.379 e. The fourth-order valence-electron chi connectivity index (χ4n) is 5.88. The van der Waals surface area contributed by atoms with Crippen molar-refractivity contribution >= 4 is 29.3 Å². The second kappa shape index (κ2) is 31.4. The number of hydrogen-bond donors (Lipinski definition) is 1. The van der Waals surface area contributed by atoms with Crippen LogP contribution in [0.1, 0.15) is 51.1 Å². The van der Waals surface area contributed by atoms with E-state index in [-0.39, 0.29) is 54.3 Å². The van der Waals surface area contributed by atoms with Gasteiger partial charge >= 0.3 is 0 Å². The lowest BCUT2D eigenvalue weighted by molar-refractivity contribution is -0.138. The number of ether oxygens (including phenoxy) is 9. The third kappa shape index (κ3) is 23.2. The first-order valence-electron chi connectivity index (χ1n) is 20.2. The molecule has 0 saturated heterocycles. The molecule has 1 saturated carbocycles. The van der Waals surface area contributed by atoms with Gasteiger partial charge in [0.05, 0.1) is 118 Å². The van der Waals surface area contributed by atoms with Crippen molar-refractivity contribution in [1.29, 1.82) is 0 Å². The molecule has 1 aromatic rings. The number of carbonyl (C=O) groups is 5. The highest BCUT2D eigenvalue weighted by atomic mass is 16.6. The molecule has 0 radical (unpaired) electrons. The summed E-state index contributed by atoms with van der Waals surface area (Å²) in [4.78, 5) is 59.9. The first-order valence-corrected chi connectivity index (χ1v) is 20.2. The maximum absolute atomic E-state index is 12.7. The average molecular weight is 826 g/mol. The standard InChI is InChI=1S/C39H63N5O14/c1-32(45)30-58-31-36(46)3-2-11-50-13-15-52-17-19-54-21-23-56-25-26-57-24-22-55-20-18-53-16-14-51-12-10-43-29-35(41-42-43)27-40-39(49)34-6-4-33(5-7-34)28-44-37(47)8-9-38(44)48/h8-9,29,33-34H,2-7,10-28,30-31H2,1H3,(H,40,49). The summed E-state index contributed by atoms with van der Waals surface area (Å²) in [5.74, 6) is -0.537. The van der Waals surface area contributed by atoms with Crippen LogP contribution in [0, 0.1) is 11.8 Å². The van der Waals surface area contributed by atoms with Crippen LogP contribution < -0.4 is 5.32 Å². The van der Waals surface area contributed by atoms with Crippen molar-refractivity contribution in [2.45, 2.75) is 58.5 Å². The molecule has 3 rings (SSSR count). The first-order chi connectivity index (χ1) is 28.3. The summed E-state index contributed by atoms with van der Waals surface area (Å²) in [6.07, 6.45) is 8.41. The molecule has 1 aromatic heterocycles. The molecule has 0 unspecified atom stereocenters. The van der Waals surface area contributed by atoms with E-state index in [9.17, 15) is 24.0 Å². The molecule has 1 aliphatic heterocycles. The lowest BCUT2D eigenvalue weighted by Crippen LogP contribution is -2.38. The molecular formula is C39H63N5O14. The van der Waals surface area contributed by atoms with Crippen molar-refractivity contribution in [1.82, 2.24) is 25.2 Å². The zero-order chi connectivity index (χ0) is 41.5. The van der Waals surface area contributed by atoms with E-state index >= 15 is 0 Å². The number of hydrogen-bond acceptors (Lipinski definition) is 16. The number of nitrogens with one attached hydrogen (secondary N) is 1. The highest BCUT2D eigenvalue weighted by Crippen LogP contribution is 2.30. The van der Waals surface area contributed by atoms with Crippen LogP contribution in [0.25, 0.3) is 0 Å². The predicted octanol–water partition coefficient (Wildman–Crippen LogP) is 0.713. The highest BCUT2D eigenvalue weighted by molar-refractivity contribution is 6.12. The van der Waals surface area contributed by atoms with Gasteiger partial charge in [0.15, 0.2) is 11.6 Å². The molecular weight excluding hydrogens is 762 g/mol. The molecule has 328 valence electrons. The molecule has 3 amide bonds. The van der Waals surface area contributed by atoms with Gasteiger partial charge in [-0.05, 0) is 44.9 Å². The van der Waals surface area contributed by atoms with Crippen molar-refractivity contribution in [3.05, 3.63) is 24.0 Å². The zero-order valence-electron chi connectivity index (χ0n) is 34.0. The number of amides is 3. The zero-order valence-corrected chi connectivity index (χ0v) is 34.0. The van der Waals surface area contributed by atoms with Crippen LogP contribution in [0.3, 0.4) is 0 Å². The lowest BCUT2D eigenvalue weighted by Gasteiger charge is -2.29.